The summed E-state index contributed by atoms with van der Waals surface area (Å²) >= 11 is 0. The van der Waals surface area contributed by atoms with E-state index in [0.717, 1.165) is 17.7 Å². The zero-order valence-corrected chi connectivity index (χ0v) is 17.7. The predicted molar refractivity (Wildman–Crippen MR) is 110 cm³/mol. The van der Waals surface area contributed by atoms with Crippen molar-refractivity contribution in [2.75, 3.05) is 46.8 Å². The molecule has 154 valence electrons. The van der Waals surface area contributed by atoms with Crippen LogP contribution in [-0.2, 0) is 9.59 Å². The van der Waals surface area contributed by atoms with E-state index in [9.17, 15) is 14.0 Å². The smallest absolute Gasteiger partial charge is 0.246 e. The maximum Gasteiger partial charge on any atom is 0.246 e. The number of hydrogen-bond donors (Lipinski definition) is 0. The van der Waals surface area contributed by atoms with E-state index in [-0.39, 0.29) is 23.5 Å². The second-order valence-corrected chi connectivity index (χ2v) is 7.98. The van der Waals surface area contributed by atoms with Crippen LogP contribution in [0.3, 0.4) is 0 Å². The summed E-state index contributed by atoms with van der Waals surface area (Å²) in [6.07, 6.45) is 2.17. The molecule has 0 spiro atoms. The van der Waals surface area contributed by atoms with Gasteiger partial charge in [0.25, 0.3) is 0 Å². The minimum atomic E-state index is -0.242. The van der Waals surface area contributed by atoms with Crippen LogP contribution in [0.4, 0.5) is 4.39 Å². The molecule has 1 aliphatic heterocycles. The highest BCUT2D eigenvalue weighted by atomic mass is 19.1. The molecule has 6 heteroatoms. The Morgan fingerprint density at radius 3 is 2.29 bits per heavy atom. The fourth-order valence-corrected chi connectivity index (χ4v) is 3.29. The molecule has 28 heavy (non-hydrogen) atoms. The van der Waals surface area contributed by atoms with Crippen molar-refractivity contribution in [3.8, 4) is 0 Å². The van der Waals surface area contributed by atoms with Gasteiger partial charge < -0.3 is 14.7 Å². The number of carbonyl (C=O) groups is 2. The minimum Gasteiger partial charge on any atom is -0.339 e. The Hall–Kier alpha value is -2.21. The van der Waals surface area contributed by atoms with Crippen LogP contribution in [-0.4, -0.2) is 73.3 Å². The van der Waals surface area contributed by atoms with Crippen molar-refractivity contribution in [3.05, 3.63) is 41.2 Å². The van der Waals surface area contributed by atoms with Crippen LogP contribution in [0.5, 0.6) is 0 Å². The molecule has 0 radical (unpaired) electrons. The van der Waals surface area contributed by atoms with Crippen LogP contribution in [0.25, 0.3) is 5.57 Å². The molecule has 0 aromatic heterocycles. The van der Waals surface area contributed by atoms with E-state index in [0.29, 0.717) is 38.2 Å². The quantitative estimate of drug-likeness (QED) is 0.703. The van der Waals surface area contributed by atoms with Gasteiger partial charge in [0.15, 0.2) is 0 Å². The summed E-state index contributed by atoms with van der Waals surface area (Å²) in [6, 6.07) is 4.96. The first kappa shape index (κ1) is 22.1. The first-order valence-corrected chi connectivity index (χ1v) is 9.88. The zero-order chi connectivity index (χ0) is 20.8. The summed E-state index contributed by atoms with van der Waals surface area (Å²) in [5, 5.41) is 0. The second-order valence-electron chi connectivity index (χ2n) is 7.98. The number of piperazine rings is 1. The average molecular weight is 390 g/mol. The summed E-state index contributed by atoms with van der Waals surface area (Å²) in [6.45, 7) is 8.73. The second kappa shape index (κ2) is 9.82. The van der Waals surface area contributed by atoms with Crippen molar-refractivity contribution < 1.29 is 14.0 Å². The third-order valence-corrected chi connectivity index (χ3v) is 5.11. The summed E-state index contributed by atoms with van der Waals surface area (Å²) in [7, 11) is 3.90. The lowest BCUT2D eigenvalue weighted by atomic mass is 9.93. The molecule has 1 aromatic rings. The Morgan fingerprint density at radius 2 is 1.75 bits per heavy atom. The van der Waals surface area contributed by atoms with Crippen LogP contribution in [0.15, 0.2) is 24.3 Å². The lowest BCUT2D eigenvalue weighted by Gasteiger charge is -2.34. The molecule has 0 aliphatic carbocycles. The van der Waals surface area contributed by atoms with E-state index in [1.165, 1.54) is 6.07 Å². The molecule has 1 aromatic carbocycles. The van der Waals surface area contributed by atoms with Gasteiger partial charge >= 0.3 is 0 Å². The SMILES string of the molecule is Cc1cc(/C(=C/C(=O)N2CCN(C(=O)CCN(C)C)CC2)C(C)C)ccc1F. The fraction of sp³-hybridized carbons (Fsp3) is 0.545. The van der Waals surface area contributed by atoms with Gasteiger partial charge in [-0.2, -0.15) is 0 Å². The van der Waals surface area contributed by atoms with Gasteiger partial charge in [0.2, 0.25) is 11.8 Å². The number of benzene rings is 1. The molecule has 0 atom stereocenters. The highest BCUT2D eigenvalue weighted by Gasteiger charge is 2.23. The number of carbonyl (C=O) groups excluding carboxylic acids is 2. The van der Waals surface area contributed by atoms with Crippen LogP contribution in [0, 0.1) is 18.7 Å². The topological polar surface area (TPSA) is 43.9 Å². The van der Waals surface area contributed by atoms with Crippen LogP contribution in [0.2, 0.25) is 0 Å². The lowest BCUT2D eigenvalue weighted by Crippen LogP contribution is -2.50. The Kier molecular flexibility index (Phi) is 7.75. The number of halogens is 1. The predicted octanol–water partition coefficient (Wildman–Crippen LogP) is 2.80. The molecule has 1 aliphatic rings. The molecule has 1 fully saturated rings. The Bertz CT molecular complexity index is 735. The first-order chi connectivity index (χ1) is 13.2. The molecule has 0 bridgehead atoms. The highest BCUT2D eigenvalue weighted by molar-refractivity contribution is 5.95. The highest BCUT2D eigenvalue weighted by Crippen LogP contribution is 2.25. The van der Waals surface area contributed by atoms with E-state index in [4.69, 9.17) is 0 Å². The Balaban J connectivity index is 2.02. The molecule has 2 amide bonds. The Labute approximate surface area is 167 Å². The number of nitrogens with zero attached hydrogens (tertiary/aromatic N) is 3. The van der Waals surface area contributed by atoms with Crippen molar-refractivity contribution in [3.63, 3.8) is 0 Å². The van der Waals surface area contributed by atoms with Crippen LogP contribution in [0.1, 0.15) is 31.4 Å². The number of rotatable bonds is 6. The summed E-state index contributed by atoms with van der Waals surface area (Å²) in [5.41, 5.74) is 2.35. The van der Waals surface area contributed by atoms with E-state index in [1.807, 2.05) is 37.7 Å². The van der Waals surface area contributed by atoms with E-state index >= 15 is 0 Å². The maximum absolute atomic E-state index is 13.6. The molecule has 0 saturated carbocycles. The zero-order valence-electron chi connectivity index (χ0n) is 17.7. The monoisotopic (exact) mass is 389 g/mol. The van der Waals surface area contributed by atoms with Gasteiger partial charge in [0.1, 0.15) is 5.82 Å². The van der Waals surface area contributed by atoms with Crippen LogP contribution < -0.4 is 0 Å². The third-order valence-electron chi connectivity index (χ3n) is 5.11. The fourth-order valence-electron chi connectivity index (χ4n) is 3.29. The number of amides is 2. The maximum atomic E-state index is 13.6. The number of hydrogen-bond acceptors (Lipinski definition) is 3. The van der Waals surface area contributed by atoms with Gasteiger partial charge in [-0.1, -0.05) is 19.9 Å². The largest absolute Gasteiger partial charge is 0.339 e. The lowest BCUT2D eigenvalue weighted by molar-refractivity contribution is -0.137. The molecular weight excluding hydrogens is 357 g/mol. The summed E-state index contributed by atoms with van der Waals surface area (Å²) in [4.78, 5) is 30.7. The van der Waals surface area contributed by atoms with Crippen molar-refractivity contribution >= 4 is 17.4 Å². The van der Waals surface area contributed by atoms with E-state index in [2.05, 4.69) is 0 Å². The van der Waals surface area contributed by atoms with Gasteiger partial charge in [0, 0.05) is 45.2 Å². The van der Waals surface area contributed by atoms with Crippen molar-refractivity contribution in [1.82, 2.24) is 14.7 Å². The van der Waals surface area contributed by atoms with E-state index < -0.39 is 0 Å². The van der Waals surface area contributed by atoms with Gasteiger partial charge in [0.05, 0.1) is 0 Å². The van der Waals surface area contributed by atoms with Gasteiger partial charge in [-0.25, -0.2) is 4.39 Å². The molecule has 1 heterocycles. The van der Waals surface area contributed by atoms with Gasteiger partial charge in [-0.15, -0.1) is 0 Å². The van der Waals surface area contributed by atoms with Crippen molar-refractivity contribution in [2.24, 2.45) is 5.92 Å². The van der Waals surface area contributed by atoms with E-state index in [1.54, 1.807) is 30.0 Å². The third kappa shape index (κ3) is 5.89. The minimum absolute atomic E-state index is 0.0499. The van der Waals surface area contributed by atoms with Crippen molar-refractivity contribution in [2.45, 2.75) is 27.2 Å². The molecule has 0 unspecified atom stereocenters. The van der Waals surface area contributed by atoms with Crippen molar-refractivity contribution in [1.29, 1.82) is 0 Å². The normalized spacial score (nSPS) is 15.5. The Morgan fingerprint density at radius 1 is 1.14 bits per heavy atom. The summed E-state index contributed by atoms with van der Waals surface area (Å²) in [5.74, 6) is -0.0111. The number of allylic oxidation sites excluding steroid dienone is 1. The first-order valence-electron chi connectivity index (χ1n) is 9.88. The summed E-state index contributed by atoms with van der Waals surface area (Å²) < 4.78 is 13.6. The molecular formula is C22H32FN3O2. The molecule has 2 rings (SSSR count). The van der Waals surface area contributed by atoms with Crippen LogP contribution >= 0.6 is 0 Å². The standard InChI is InChI=1S/C22H32FN3O2/c1-16(2)19(18-6-7-20(23)17(3)14-18)15-22(28)26-12-10-25(11-13-26)21(27)8-9-24(4)5/h6-7,14-16H,8-13H2,1-5H3/b19-15+. The van der Waals surface area contributed by atoms with Gasteiger partial charge in [-0.05, 0) is 55.8 Å². The number of aryl methyl sites for hydroxylation is 1. The molecule has 0 N–H and O–H groups in total. The molecule has 1 saturated heterocycles. The molecule has 5 nitrogen and oxygen atoms in total. The van der Waals surface area contributed by atoms with Gasteiger partial charge in [-0.3, -0.25) is 9.59 Å². The average Bonchev–Trinajstić information content (AvgIpc) is 2.66.